The number of para-hydroxylation sites is 1. The summed E-state index contributed by atoms with van der Waals surface area (Å²) in [7, 11) is 0. The van der Waals surface area contributed by atoms with Gasteiger partial charge in [0.1, 0.15) is 5.75 Å². The molecule has 0 aliphatic rings. The molecule has 0 saturated heterocycles. The maximum Gasteiger partial charge on any atom is 0.311 e. The zero-order chi connectivity index (χ0) is 19.6. The summed E-state index contributed by atoms with van der Waals surface area (Å²) in [5.41, 5.74) is 0. The summed E-state index contributed by atoms with van der Waals surface area (Å²) in [5, 5.41) is 9.68. The van der Waals surface area contributed by atoms with Gasteiger partial charge >= 0.3 is 5.97 Å². The van der Waals surface area contributed by atoms with Gasteiger partial charge in [-0.3, -0.25) is 4.79 Å². The van der Waals surface area contributed by atoms with Crippen LogP contribution in [0.4, 0.5) is 0 Å². The fourth-order valence-electron chi connectivity index (χ4n) is 3.39. The van der Waals surface area contributed by atoms with Crippen molar-refractivity contribution in [2.24, 2.45) is 0 Å². The van der Waals surface area contributed by atoms with Gasteiger partial charge in [-0.1, -0.05) is 95.8 Å². The Balaban J connectivity index is 1.79. The van der Waals surface area contributed by atoms with Crippen molar-refractivity contribution in [1.29, 1.82) is 0 Å². The molecule has 0 amide bonds. The number of carbonyl (C=O) groups excluding carboxylic acids is 1. The molecule has 27 heavy (non-hydrogen) atoms. The Bertz CT molecular complexity index is 458. The molecule has 0 aromatic heterocycles. The standard InChI is InChI=1S/C24H40O3/c1-2-17-22(25)18-13-10-8-6-4-3-5-7-9-11-16-21-24(26)27-23-19-14-12-15-20-23/h12,14-15,19-20,22,25H,2-11,13,16-18,21H2,1H3. The van der Waals surface area contributed by atoms with E-state index in [-0.39, 0.29) is 12.1 Å². The molecule has 1 rings (SSSR count). The van der Waals surface area contributed by atoms with Crippen molar-refractivity contribution in [1.82, 2.24) is 0 Å². The number of hydrogen-bond donors (Lipinski definition) is 1. The quantitative estimate of drug-likeness (QED) is 0.184. The molecule has 1 aromatic carbocycles. The predicted molar refractivity (Wildman–Crippen MR) is 113 cm³/mol. The molecule has 0 aliphatic carbocycles. The molecule has 0 aliphatic heterocycles. The Morgan fingerprint density at radius 3 is 1.89 bits per heavy atom. The normalized spacial score (nSPS) is 12.1. The van der Waals surface area contributed by atoms with Crippen LogP contribution in [-0.4, -0.2) is 17.2 Å². The molecule has 0 fully saturated rings. The number of esters is 1. The van der Waals surface area contributed by atoms with Gasteiger partial charge in [0.05, 0.1) is 6.10 Å². The summed E-state index contributed by atoms with van der Waals surface area (Å²) in [6.07, 6.45) is 17.0. The number of benzene rings is 1. The van der Waals surface area contributed by atoms with E-state index in [0.29, 0.717) is 12.2 Å². The number of unbranched alkanes of at least 4 members (excludes halogenated alkanes) is 10. The molecule has 3 heteroatoms. The van der Waals surface area contributed by atoms with Crippen LogP contribution in [0.1, 0.15) is 103 Å². The molecule has 1 N–H and O–H groups in total. The van der Waals surface area contributed by atoms with Gasteiger partial charge in [0.2, 0.25) is 0 Å². The SMILES string of the molecule is CCCC(O)CCCCCCCCCCCCCC(=O)Oc1ccccc1. The second-order valence-corrected chi connectivity index (χ2v) is 7.66. The first kappa shape index (κ1) is 23.7. The maximum atomic E-state index is 11.7. The van der Waals surface area contributed by atoms with Crippen LogP contribution in [0.25, 0.3) is 0 Å². The Kier molecular flexibility index (Phi) is 14.7. The molecule has 0 bridgehead atoms. The predicted octanol–water partition coefficient (Wildman–Crippen LogP) is 6.82. The molecule has 0 saturated carbocycles. The average molecular weight is 377 g/mol. The van der Waals surface area contributed by atoms with Crippen molar-refractivity contribution >= 4 is 5.97 Å². The van der Waals surface area contributed by atoms with E-state index in [9.17, 15) is 9.90 Å². The second-order valence-electron chi connectivity index (χ2n) is 7.66. The molecule has 0 spiro atoms. The van der Waals surface area contributed by atoms with Gasteiger partial charge in [-0.05, 0) is 31.4 Å². The van der Waals surface area contributed by atoms with E-state index in [0.717, 1.165) is 32.1 Å². The van der Waals surface area contributed by atoms with E-state index in [4.69, 9.17) is 4.74 Å². The molecule has 3 nitrogen and oxygen atoms in total. The first-order valence-electron chi connectivity index (χ1n) is 11.2. The van der Waals surface area contributed by atoms with Crippen molar-refractivity contribution in [2.45, 2.75) is 109 Å². The Labute approximate surface area is 166 Å². The van der Waals surface area contributed by atoms with Gasteiger partial charge < -0.3 is 9.84 Å². The van der Waals surface area contributed by atoms with Gasteiger partial charge in [0, 0.05) is 6.42 Å². The fourth-order valence-corrected chi connectivity index (χ4v) is 3.39. The summed E-state index contributed by atoms with van der Waals surface area (Å²) < 4.78 is 5.29. The Hall–Kier alpha value is -1.35. The lowest BCUT2D eigenvalue weighted by Gasteiger charge is -2.08. The van der Waals surface area contributed by atoms with Crippen molar-refractivity contribution in [3.63, 3.8) is 0 Å². The van der Waals surface area contributed by atoms with E-state index < -0.39 is 0 Å². The van der Waals surface area contributed by atoms with Crippen LogP contribution in [0.15, 0.2) is 30.3 Å². The van der Waals surface area contributed by atoms with E-state index >= 15 is 0 Å². The Morgan fingerprint density at radius 2 is 1.33 bits per heavy atom. The zero-order valence-corrected chi connectivity index (χ0v) is 17.3. The van der Waals surface area contributed by atoms with E-state index in [2.05, 4.69) is 6.92 Å². The third-order valence-electron chi connectivity index (χ3n) is 5.02. The highest BCUT2D eigenvalue weighted by Gasteiger charge is 2.04. The van der Waals surface area contributed by atoms with Crippen LogP contribution in [0.3, 0.4) is 0 Å². The highest BCUT2D eigenvalue weighted by atomic mass is 16.5. The minimum atomic E-state index is -0.122. The van der Waals surface area contributed by atoms with Crippen LogP contribution in [-0.2, 0) is 4.79 Å². The van der Waals surface area contributed by atoms with E-state index in [1.165, 1.54) is 57.8 Å². The fraction of sp³-hybridized carbons (Fsp3) is 0.708. The van der Waals surface area contributed by atoms with Gasteiger partial charge in [0.15, 0.2) is 0 Å². The third-order valence-corrected chi connectivity index (χ3v) is 5.02. The smallest absolute Gasteiger partial charge is 0.311 e. The average Bonchev–Trinajstić information content (AvgIpc) is 2.66. The summed E-state index contributed by atoms with van der Waals surface area (Å²) in [6.45, 7) is 2.13. The molecule has 1 unspecified atom stereocenters. The van der Waals surface area contributed by atoms with Gasteiger partial charge in [0.25, 0.3) is 0 Å². The first-order chi connectivity index (χ1) is 13.2. The lowest BCUT2D eigenvalue weighted by Crippen LogP contribution is -2.07. The van der Waals surface area contributed by atoms with Crippen molar-refractivity contribution in [2.75, 3.05) is 0 Å². The lowest BCUT2D eigenvalue weighted by molar-refractivity contribution is -0.134. The van der Waals surface area contributed by atoms with Crippen molar-refractivity contribution < 1.29 is 14.6 Å². The molecule has 1 aromatic rings. The number of carbonyl (C=O) groups is 1. The second kappa shape index (κ2) is 16.8. The summed E-state index contributed by atoms with van der Waals surface area (Å²) >= 11 is 0. The van der Waals surface area contributed by atoms with Crippen LogP contribution >= 0.6 is 0 Å². The number of ether oxygens (including phenoxy) is 1. The first-order valence-corrected chi connectivity index (χ1v) is 11.2. The largest absolute Gasteiger partial charge is 0.427 e. The molecule has 154 valence electrons. The number of aliphatic hydroxyl groups excluding tert-OH is 1. The maximum absolute atomic E-state index is 11.7. The third kappa shape index (κ3) is 14.4. The van der Waals surface area contributed by atoms with E-state index in [1.807, 2.05) is 30.3 Å². The number of aliphatic hydroxyl groups is 1. The summed E-state index contributed by atoms with van der Waals surface area (Å²) in [6, 6.07) is 9.29. The van der Waals surface area contributed by atoms with Crippen LogP contribution in [0.5, 0.6) is 5.75 Å². The topological polar surface area (TPSA) is 46.5 Å². The monoisotopic (exact) mass is 376 g/mol. The highest BCUT2D eigenvalue weighted by Crippen LogP contribution is 2.15. The highest BCUT2D eigenvalue weighted by molar-refractivity contribution is 5.72. The lowest BCUT2D eigenvalue weighted by atomic mass is 10.0. The van der Waals surface area contributed by atoms with Gasteiger partial charge in [-0.2, -0.15) is 0 Å². The van der Waals surface area contributed by atoms with Gasteiger partial charge in [-0.15, -0.1) is 0 Å². The summed E-state index contributed by atoms with van der Waals surface area (Å²) in [4.78, 5) is 11.7. The van der Waals surface area contributed by atoms with Crippen molar-refractivity contribution in [3.8, 4) is 5.75 Å². The molecular formula is C24H40O3. The molecule has 0 radical (unpaired) electrons. The molecule has 1 atom stereocenters. The van der Waals surface area contributed by atoms with E-state index in [1.54, 1.807) is 0 Å². The van der Waals surface area contributed by atoms with Crippen LogP contribution in [0, 0.1) is 0 Å². The molecule has 0 heterocycles. The molecular weight excluding hydrogens is 336 g/mol. The zero-order valence-electron chi connectivity index (χ0n) is 17.3. The summed E-state index contributed by atoms with van der Waals surface area (Å²) in [5.74, 6) is 0.517. The van der Waals surface area contributed by atoms with Crippen LogP contribution < -0.4 is 4.74 Å². The minimum absolute atomic E-state index is 0.0739. The van der Waals surface area contributed by atoms with Crippen molar-refractivity contribution in [3.05, 3.63) is 30.3 Å². The Morgan fingerprint density at radius 1 is 0.815 bits per heavy atom. The minimum Gasteiger partial charge on any atom is -0.427 e. The van der Waals surface area contributed by atoms with Gasteiger partial charge in [-0.25, -0.2) is 0 Å². The van der Waals surface area contributed by atoms with Crippen LogP contribution in [0.2, 0.25) is 0 Å². The number of hydrogen-bond acceptors (Lipinski definition) is 3. The number of rotatable bonds is 17.